The molecule has 0 saturated heterocycles. The molecule has 0 aliphatic carbocycles. The van der Waals surface area contributed by atoms with Crippen LogP contribution in [0.15, 0.2) is 29.0 Å². The summed E-state index contributed by atoms with van der Waals surface area (Å²) < 4.78 is 20.7. The summed E-state index contributed by atoms with van der Waals surface area (Å²) in [7, 11) is 1.64. The van der Waals surface area contributed by atoms with Crippen LogP contribution in [-0.2, 0) is 4.74 Å². The second kappa shape index (κ2) is 6.56. The summed E-state index contributed by atoms with van der Waals surface area (Å²) in [6.45, 7) is 2.52. The van der Waals surface area contributed by atoms with Gasteiger partial charge in [0.05, 0.1) is 17.3 Å². The van der Waals surface area contributed by atoms with E-state index in [0.29, 0.717) is 27.7 Å². The SMILES string of the molecule is COCC(C)Nc1nccn1-c1c(Cl)cc(F)cc1Br. The van der Waals surface area contributed by atoms with Crippen LogP contribution in [0.2, 0.25) is 5.02 Å². The summed E-state index contributed by atoms with van der Waals surface area (Å²) in [6, 6.07) is 2.72. The molecule has 2 aromatic rings. The van der Waals surface area contributed by atoms with Crippen molar-refractivity contribution in [3.8, 4) is 5.69 Å². The Balaban J connectivity index is 2.37. The van der Waals surface area contributed by atoms with Gasteiger partial charge in [0.15, 0.2) is 0 Å². The number of anilines is 1. The fourth-order valence-corrected chi connectivity index (χ4v) is 2.90. The highest BCUT2D eigenvalue weighted by Crippen LogP contribution is 2.32. The molecule has 0 radical (unpaired) electrons. The predicted octanol–water partition coefficient (Wildman–Crippen LogP) is 3.87. The molecule has 1 unspecified atom stereocenters. The van der Waals surface area contributed by atoms with Gasteiger partial charge in [0.2, 0.25) is 5.95 Å². The minimum absolute atomic E-state index is 0.0825. The van der Waals surface area contributed by atoms with Crippen molar-refractivity contribution in [3.05, 3.63) is 39.8 Å². The van der Waals surface area contributed by atoms with E-state index in [1.807, 2.05) is 6.92 Å². The maximum Gasteiger partial charge on any atom is 0.207 e. The van der Waals surface area contributed by atoms with Gasteiger partial charge in [-0.05, 0) is 35.0 Å². The Hall–Kier alpha value is -1.11. The normalized spacial score (nSPS) is 12.4. The van der Waals surface area contributed by atoms with E-state index in [0.717, 1.165) is 0 Å². The molecule has 0 bridgehead atoms. The second-order valence-corrected chi connectivity index (χ2v) is 5.60. The van der Waals surface area contributed by atoms with Crippen LogP contribution in [0.4, 0.5) is 10.3 Å². The summed E-state index contributed by atoms with van der Waals surface area (Å²) >= 11 is 9.45. The van der Waals surface area contributed by atoms with Gasteiger partial charge in [-0.2, -0.15) is 0 Å². The van der Waals surface area contributed by atoms with Crippen molar-refractivity contribution in [3.63, 3.8) is 0 Å². The standard InChI is InChI=1S/C13H14BrClFN3O/c1-8(7-20-2)18-13-17-3-4-19(13)12-10(14)5-9(16)6-11(12)15/h3-6,8H,7H2,1-2H3,(H,17,18). The molecule has 0 spiro atoms. The molecule has 0 fully saturated rings. The lowest BCUT2D eigenvalue weighted by Gasteiger charge is -2.16. The molecule has 0 amide bonds. The largest absolute Gasteiger partial charge is 0.383 e. The lowest BCUT2D eigenvalue weighted by molar-refractivity contribution is 0.190. The number of nitrogens with zero attached hydrogens (tertiary/aromatic N) is 2. The van der Waals surface area contributed by atoms with Gasteiger partial charge in [0.25, 0.3) is 0 Å². The number of ether oxygens (including phenoxy) is 1. The topological polar surface area (TPSA) is 39.1 Å². The van der Waals surface area contributed by atoms with E-state index in [4.69, 9.17) is 16.3 Å². The van der Waals surface area contributed by atoms with Gasteiger partial charge in [0.1, 0.15) is 5.82 Å². The van der Waals surface area contributed by atoms with Crippen molar-refractivity contribution in [1.29, 1.82) is 0 Å². The predicted molar refractivity (Wildman–Crippen MR) is 81.2 cm³/mol. The molecule has 0 saturated carbocycles. The van der Waals surface area contributed by atoms with E-state index in [-0.39, 0.29) is 6.04 Å². The summed E-state index contributed by atoms with van der Waals surface area (Å²) in [5.41, 5.74) is 0.637. The fraction of sp³-hybridized carbons (Fsp3) is 0.308. The zero-order valence-corrected chi connectivity index (χ0v) is 13.4. The van der Waals surface area contributed by atoms with Gasteiger partial charge in [-0.1, -0.05) is 11.6 Å². The third-order valence-electron chi connectivity index (χ3n) is 2.66. The van der Waals surface area contributed by atoms with Gasteiger partial charge >= 0.3 is 0 Å². The molecule has 0 aliphatic heterocycles. The Morgan fingerprint density at radius 1 is 1.55 bits per heavy atom. The Kier molecular flexibility index (Phi) is 5.01. The minimum Gasteiger partial charge on any atom is -0.383 e. The number of hydrogen-bond acceptors (Lipinski definition) is 3. The Morgan fingerprint density at radius 2 is 2.30 bits per heavy atom. The number of nitrogens with one attached hydrogen (secondary N) is 1. The zero-order chi connectivity index (χ0) is 14.7. The van der Waals surface area contributed by atoms with E-state index in [9.17, 15) is 4.39 Å². The molecule has 1 atom stereocenters. The molecule has 2 rings (SSSR count). The summed E-state index contributed by atoms with van der Waals surface area (Å²) in [4.78, 5) is 4.24. The molecular formula is C13H14BrClFN3O. The Morgan fingerprint density at radius 3 is 2.95 bits per heavy atom. The third-order valence-corrected chi connectivity index (χ3v) is 3.55. The monoisotopic (exact) mass is 361 g/mol. The van der Waals surface area contributed by atoms with E-state index < -0.39 is 5.82 Å². The average Bonchev–Trinajstić information content (AvgIpc) is 2.76. The lowest BCUT2D eigenvalue weighted by Crippen LogP contribution is -2.23. The maximum absolute atomic E-state index is 13.3. The summed E-state index contributed by atoms with van der Waals surface area (Å²) in [5, 5.41) is 3.52. The molecule has 1 N–H and O–H groups in total. The molecule has 20 heavy (non-hydrogen) atoms. The van der Waals surface area contributed by atoms with Crippen LogP contribution in [-0.4, -0.2) is 29.3 Å². The van der Waals surface area contributed by atoms with Crippen molar-refractivity contribution in [2.24, 2.45) is 0 Å². The summed E-state index contributed by atoms with van der Waals surface area (Å²) in [6.07, 6.45) is 3.40. The first-order valence-electron chi connectivity index (χ1n) is 5.96. The van der Waals surface area contributed by atoms with Crippen molar-refractivity contribution >= 4 is 33.5 Å². The highest BCUT2D eigenvalue weighted by Gasteiger charge is 2.15. The fourth-order valence-electron chi connectivity index (χ4n) is 1.87. The van der Waals surface area contributed by atoms with Crippen LogP contribution >= 0.6 is 27.5 Å². The number of benzene rings is 1. The van der Waals surface area contributed by atoms with E-state index in [1.165, 1.54) is 12.1 Å². The van der Waals surface area contributed by atoms with E-state index >= 15 is 0 Å². The van der Waals surface area contributed by atoms with Crippen LogP contribution in [0.3, 0.4) is 0 Å². The van der Waals surface area contributed by atoms with Crippen LogP contribution in [0, 0.1) is 5.82 Å². The molecule has 1 aromatic carbocycles. The molecule has 7 heteroatoms. The number of rotatable bonds is 5. The number of aromatic nitrogens is 2. The number of methoxy groups -OCH3 is 1. The van der Waals surface area contributed by atoms with Crippen LogP contribution in [0.25, 0.3) is 5.69 Å². The van der Waals surface area contributed by atoms with Gasteiger partial charge < -0.3 is 10.1 Å². The first-order chi connectivity index (χ1) is 9.52. The van der Waals surface area contributed by atoms with Gasteiger partial charge in [-0.3, -0.25) is 4.57 Å². The van der Waals surface area contributed by atoms with Crippen LogP contribution in [0.1, 0.15) is 6.92 Å². The number of imidazole rings is 1. The number of halogens is 3. The molecule has 108 valence electrons. The number of hydrogen-bond donors (Lipinski definition) is 1. The van der Waals surface area contributed by atoms with Crippen molar-refractivity contribution < 1.29 is 9.13 Å². The first-order valence-corrected chi connectivity index (χ1v) is 7.13. The van der Waals surface area contributed by atoms with Crippen molar-refractivity contribution in [2.75, 3.05) is 19.0 Å². The molecule has 1 aromatic heterocycles. The highest BCUT2D eigenvalue weighted by atomic mass is 79.9. The van der Waals surface area contributed by atoms with Crippen LogP contribution in [0.5, 0.6) is 0 Å². The highest BCUT2D eigenvalue weighted by molar-refractivity contribution is 9.10. The molecule has 1 heterocycles. The quantitative estimate of drug-likeness (QED) is 0.877. The molecule has 4 nitrogen and oxygen atoms in total. The first kappa shape index (κ1) is 15.3. The second-order valence-electron chi connectivity index (χ2n) is 4.34. The van der Waals surface area contributed by atoms with Crippen molar-refractivity contribution in [1.82, 2.24) is 9.55 Å². The smallest absolute Gasteiger partial charge is 0.207 e. The van der Waals surface area contributed by atoms with Gasteiger partial charge in [0, 0.05) is 30.0 Å². The van der Waals surface area contributed by atoms with E-state index in [2.05, 4.69) is 26.2 Å². The average molecular weight is 363 g/mol. The molecule has 0 aliphatic rings. The third kappa shape index (κ3) is 3.31. The van der Waals surface area contributed by atoms with E-state index in [1.54, 1.807) is 24.1 Å². The van der Waals surface area contributed by atoms with Crippen LogP contribution < -0.4 is 5.32 Å². The zero-order valence-electron chi connectivity index (χ0n) is 11.0. The van der Waals surface area contributed by atoms with Crippen molar-refractivity contribution in [2.45, 2.75) is 13.0 Å². The minimum atomic E-state index is -0.395. The lowest BCUT2D eigenvalue weighted by atomic mass is 10.3. The van der Waals surface area contributed by atoms with Gasteiger partial charge in [-0.15, -0.1) is 0 Å². The maximum atomic E-state index is 13.3. The van der Waals surface area contributed by atoms with Gasteiger partial charge in [-0.25, -0.2) is 9.37 Å². The Bertz CT molecular complexity index is 582. The Labute approximate surface area is 130 Å². The molecular weight excluding hydrogens is 349 g/mol. The summed E-state index contributed by atoms with van der Waals surface area (Å²) in [5.74, 6) is 0.219.